The number of carbonyl (C=O) groups excluding carboxylic acids is 3. The number of hydrogen-bond donors (Lipinski definition) is 3. The van der Waals surface area contributed by atoms with Crippen LogP contribution in [0, 0.1) is 5.92 Å². The summed E-state index contributed by atoms with van der Waals surface area (Å²) in [6, 6.07) is 3.14. The third kappa shape index (κ3) is 4.30. The molecule has 12 heteroatoms. The fourth-order valence-corrected chi connectivity index (χ4v) is 6.84. The number of amides is 3. The molecular formula is C20H25N5O5S2. The number of nitrogens with one attached hydrogen (secondary N) is 2. The number of sulfonamides is 1. The monoisotopic (exact) mass is 479 g/mol. The number of hydrogen-bond acceptors (Lipinski definition) is 6. The Labute approximate surface area is 189 Å². The summed E-state index contributed by atoms with van der Waals surface area (Å²) in [4.78, 5) is 38.0. The number of hydrazine groups is 1. The second-order valence-electron chi connectivity index (χ2n) is 8.07. The molecule has 32 heavy (non-hydrogen) atoms. The molecule has 1 saturated heterocycles. The minimum atomic E-state index is -3.80. The van der Waals surface area contributed by atoms with E-state index in [0.29, 0.717) is 17.7 Å². The van der Waals surface area contributed by atoms with Gasteiger partial charge in [-0.15, -0.1) is 11.3 Å². The van der Waals surface area contributed by atoms with Crippen molar-refractivity contribution in [3.8, 4) is 0 Å². The van der Waals surface area contributed by atoms with Crippen LogP contribution in [0.4, 0.5) is 0 Å². The van der Waals surface area contributed by atoms with Gasteiger partial charge in [-0.05, 0) is 49.8 Å². The Bertz CT molecular complexity index is 1150. The summed E-state index contributed by atoms with van der Waals surface area (Å²) in [5.41, 5.74) is 11.5. The highest BCUT2D eigenvalue weighted by Crippen LogP contribution is 2.30. The maximum atomic E-state index is 12.9. The lowest BCUT2D eigenvalue weighted by atomic mass is 9.98. The van der Waals surface area contributed by atoms with E-state index in [1.807, 2.05) is 6.07 Å². The van der Waals surface area contributed by atoms with Gasteiger partial charge in [0.25, 0.3) is 11.8 Å². The molecule has 0 unspecified atom stereocenters. The Morgan fingerprint density at radius 3 is 2.47 bits per heavy atom. The van der Waals surface area contributed by atoms with Gasteiger partial charge in [0, 0.05) is 37.1 Å². The Morgan fingerprint density at radius 1 is 1.12 bits per heavy atom. The third-order valence-corrected chi connectivity index (χ3v) is 9.06. The zero-order valence-electron chi connectivity index (χ0n) is 17.6. The number of thiophene rings is 1. The van der Waals surface area contributed by atoms with Gasteiger partial charge in [0.05, 0.1) is 4.88 Å². The minimum Gasteiger partial charge on any atom is -0.364 e. The summed E-state index contributed by atoms with van der Waals surface area (Å²) in [5, 5.41) is 0. The van der Waals surface area contributed by atoms with Crippen molar-refractivity contribution in [2.75, 3.05) is 13.1 Å². The molecule has 0 spiro atoms. The summed E-state index contributed by atoms with van der Waals surface area (Å²) in [6.45, 7) is 0.319. The second-order valence-corrected chi connectivity index (χ2v) is 11.1. The molecule has 0 bridgehead atoms. The highest BCUT2D eigenvalue weighted by atomic mass is 32.2. The largest absolute Gasteiger partial charge is 0.364 e. The Morgan fingerprint density at radius 2 is 1.84 bits per heavy atom. The molecule has 2 aliphatic rings. The number of nitrogens with zero attached hydrogens (tertiary/aromatic N) is 2. The highest BCUT2D eigenvalue weighted by molar-refractivity contribution is 7.89. The topological polar surface area (TPSA) is 144 Å². The van der Waals surface area contributed by atoms with Crippen LogP contribution in [0.5, 0.6) is 0 Å². The van der Waals surface area contributed by atoms with Gasteiger partial charge in [0.15, 0.2) is 0 Å². The summed E-state index contributed by atoms with van der Waals surface area (Å²) < 4.78 is 28.4. The van der Waals surface area contributed by atoms with E-state index in [-0.39, 0.29) is 35.5 Å². The molecule has 4 N–H and O–H groups in total. The van der Waals surface area contributed by atoms with Gasteiger partial charge >= 0.3 is 0 Å². The predicted octanol–water partition coefficient (Wildman–Crippen LogP) is 0.536. The van der Waals surface area contributed by atoms with Crippen LogP contribution < -0.4 is 16.6 Å². The van der Waals surface area contributed by atoms with E-state index in [9.17, 15) is 22.8 Å². The fraction of sp³-hybridized carbons (Fsp3) is 0.450. The van der Waals surface area contributed by atoms with Crippen molar-refractivity contribution in [2.24, 2.45) is 18.7 Å². The van der Waals surface area contributed by atoms with Crippen LogP contribution in [-0.2, 0) is 34.7 Å². The summed E-state index contributed by atoms with van der Waals surface area (Å²) in [6.07, 6.45) is 5.09. The zero-order chi connectivity index (χ0) is 23.0. The van der Waals surface area contributed by atoms with Crippen molar-refractivity contribution in [1.29, 1.82) is 0 Å². The van der Waals surface area contributed by atoms with Crippen molar-refractivity contribution in [3.05, 3.63) is 39.3 Å². The Kier molecular flexibility index (Phi) is 6.10. The molecule has 3 amide bonds. The second kappa shape index (κ2) is 8.68. The first-order valence-electron chi connectivity index (χ1n) is 10.3. The number of nitrogens with two attached hydrogens (primary N) is 1. The first-order chi connectivity index (χ1) is 15.2. The molecule has 0 saturated carbocycles. The van der Waals surface area contributed by atoms with Crippen molar-refractivity contribution < 1.29 is 22.8 Å². The smallest absolute Gasteiger partial charge is 0.279 e. The summed E-state index contributed by atoms with van der Waals surface area (Å²) in [5.74, 6) is -1.80. The average Bonchev–Trinajstić information content (AvgIpc) is 3.46. The maximum absolute atomic E-state index is 12.9. The van der Waals surface area contributed by atoms with Gasteiger partial charge < -0.3 is 10.3 Å². The number of piperidine rings is 1. The van der Waals surface area contributed by atoms with E-state index >= 15 is 0 Å². The van der Waals surface area contributed by atoms with Crippen LogP contribution in [0.2, 0.25) is 0 Å². The van der Waals surface area contributed by atoms with Gasteiger partial charge in [-0.3, -0.25) is 25.2 Å². The lowest BCUT2D eigenvalue weighted by Crippen LogP contribution is -2.48. The van der Waals surface area contributed by atoms with E-state index < -0.39 is 21.8 Å². The van der Waals surface area contributed by atoms with E-state index in [2.05, 4.69) is 10.9 Å². The minimum absolute atomic E-state index is 0.00758. The molecular weight excluding hydrogens is 454 g/mol. The molecule has 0 aromatic carbocycles. The summed E-state index contributed by atoms with van der Waals surface area (Å²) in [7, 11) is -2.25. The van der Waals surface area contributed by atoms with Gasteiger partial charge in [-0.1, -0.05) is 0 Å². The van der Waals surface area contributed by atoms with E-state index in [1.54, 1.807) is 7.05 Å². The quantitative estimate of drug-likeness (QED) is 0.536. The van der Waals surface area contributed by atoms with E-state index in [1.165, 1.54) is 42.9 Å². The van der Waals surface area contributed by atoms with Crippen molar-refractivity contribution in [1.82, 2.24) is 19.7 Å². The van der Waals surface area contributed by atoms with Crippen LogP contribution in [0.3, 0.4) is 0 Å². The standard InChI is InChI=1S/C20H25N5O5S2/c1-24-11-14(10-15(24)18(21)26)32(29,30)25-7-5-12(6-8-25)19(27)22-23-20(28)17-9-13-3-2-4-16(13)31-17/h9-12H,2-8H2,1H3,(H2,21,26)(H,22,27)(H,23,28). The SMILES string of the molecule is Cn1cc(S(=O)(=O)N2CCC(C(=O)NNC(=O)c3cc4c(s3)CCC4)CC2)cc1C(N)=O. The molecule has 3 heterocycles. The van der Waals surface area contributed by atoms with Crippen LogP contribution in [0.25, 0.3) is 0 Å². The highest BCUT2D eigenvalue weighted by Gasteiger charge is 2.33. The lowest BCUT2D eigenvalue weighted by Gasteiger charge is -2.30. The molecule has 0 atom stereocenters. The molecule has 2 aromatic heterocycles. The number of rotatable bonds is 5. The Hall–Kier alpha value is -2.70. The average molecular weight is 480 g/mol. The zero-order valence-corrected chi connectivity index (χ0v) is 19.2. The maximum Gasteiger partial charge on any atom is 0.279 e. The van der Waals surface area contributed by atoms with Crippen LogP contribution in [-0.4, -0.2) is 48.1 Å². The first-order valence-corrected chi connectivity index (χ1v) is 12.6. The fourth-order valence-electron chi connectivity index (χ4n) is 4.15. The number of aryl methyl sites for hydroxylation is 3. The molecule has 1 aliphatic carbocycles. The van der Waals surface area contributed by atoms with Crippen LogP contribution in [0.15, 0.2) is 23.2 Å². The number of carbonyl (C=O) groups is 3. The predicted molar refractivity (Wildman–Crippen MR) is 117 cm³/mol. The van der Waals surface area contributed by atoms with Gasteiger partial charge in [0.2, 0.25) is 15.9 Å². The van der Waals surface area contributed by atoms with Crippen LogP contribution in [0.1, 0.15) is 49.9 Å². The van der Waals surface area contributed by atoms with Gasteiger partial charge in [-0.25, -0.2) is 8.42 Å². The van der Waals surface area contributed by atoms with Crippen molar-refractivity contribution >= 4 is 39.1 Å². The lowest BCUT2D eigenvalue weighted by molar-refractivity contribution is -0.126. The molecule has 2 aromatic rings. The van der Waals surface area contributed by atoms with Gasteiger partial charge in [0.1, 0.15) is 10.6 Å². The molecule has 10 nitrogen and oxygen atoms in total. The summed E-state index contributed by atoms with van der Waals surface area (Å²) >= 11 is 1.46. The van der Waals surface area contributed by atoms with Gasteiger partial charge in [-0.2, -0.15) is 4.31 Å². The molecule has 4 rings (SSSR count). The third-order valence-electron chi connectivity index (χ3n) is 5.96. The van der Waals surface area contributed by atoms with Crippen LogP contribution >= 0.6 is 11.3 Å². The number of aromatic nitrogens is 1. The molecule has 172 valence electrons. The normalized spacial score (nSPS) is 17.2. The molecule has 1 aliphatic heterocycles. The number of fused-ring (bicyclic) bond motifs is 1. The molecule has 1 fully saturated rings. The number of primary amides is 1. The van der Waals surface area contributed by atoms with E-state index in [4.69, 9.17) is 5.73 Å². The first kappa shape index (κ1) is 22.5. The Balaban J connectivity index is 1.30. The van der Waals surface area contributed by atoms with Crippen molar-refractivity contribution in [2.45, 2.75) is 37.0 Å². The van der Waals surface area contributed by atoms with E-state index in [0.717, 1.165) is 19.3 Å². The van der Waals surface area contributed by atoms with Crippen molar-refractivity contribution in [3.63, 3.8) is 0 Å². The molecule has 0 radical (unpaired) electrons.